The summed E-state index contributed by atoms with van der Waals surface area (Å²) in [6.07, 6.45) is 1.39. The van der Waals surface area contributed by atoms with E-state index in [1.54, 1.807) is 12.1 Å². The minimum Gasteiger partial charge on any atom is -0.457 e. The van der Waals surface area contributed by atoms with Crippen molar-refractivity contribution in [3.05, 3.63) is 73.2 Å². The van der Waals surface area contributed by atoms with Gasteiger partial charge in [-0.05, 0) is 74.2 Å². The number of carbonyl (C=O) groups is 2. The highest BCUT2D eigenvalue weighted by molar-refractivity contribution is 9.10. The van der Waals surface area contributed by atoms with Gasteiger partial charge in [0.1, 0.15) is 0 Å². The van der Waals surface area contributed by atoms with E-state index in [2.05, 4.69) is 20.9 Å². The Bertz CT molecular complexity index is 1210. The van der Waals surface area contributed by atoms with E-state index in [4.69, 9.17) is 4.74 Å². The van der Waals surface area contributed by atoms with Crippen LogP contribution < -0.4 is 5.56 Å². The lowest BCUT2D eigenvalue weighted by Crippen LogP contribution is -2.23. The monoisotopic (exact) mass is 470 g/mol. The highest BCUT2D eigenvalue weighted by Crippen LogP contribution is 2.21. The summed E-state index contributed by atoms with van der Waals surface area (Å²) in [5.41, 5.74) is 5.09. The Labute approximate surface area is 183 Å². The largest absolute Gasteiger partial charge is 0.457 e. The summed E-state index contributed by atoms with van der Waals surface area (Å²) in [6, 6.07) is 7.10. The van der Waals surface area contributed by atoms with Crippen molar-refractivity contribution in [2.45, 2.75) is 40.7 Å². The molecule has 2 aromatic carbocycles. The van der Waals surface area contributed by atoms with Crippen LogP contribution >= 0.6 is 15.9 Å². The van der Waals surface area contributed by atoms with Crippen molar-refractivity contribution in [3.63, 3.8) is 0 Å². The zero-order valence-electron chi connectivity index (χ0n) is 17.4. The van der Waals surface area contributed by atoms with E-state index in [1.807, 2.05) is 39.8 Å². The Morgan fingerprint density at radius 1 is 1.07 bits per heavy atom. The molecule has 0 bridgehead atoms. The summed E-state index contributed by atoms with van der Waals surface area (Å²) >= 11 is 3.34. The van der Waals surface area contributed by atoms with Crippen molar-refractivity contribution in [1.82, 2.24) is 9.55 Å². The fourth-order valence-corrected chi connectivity index (χ4v) is 3.66. The van der Waals surface area contributed by atoms with Gasteiger partial charge in [0.2, 0.25) is 5.78 Å². The first-order chi connectivity index (χ1) is 14.2. The topological polar surface area (TPSA) is 78.3 Å². The molecule has 0 radical (unpaired) electrons. The Balaban J connectivity index is 1.63. The van der Waals surface area contributed by atoms with E-state index in [0.29, 0.717) is 16.5 Å². The van der Waals surface area contributed by atoms with Gasteiger partial charge in [-0.25, -0.2) is 4.98 Å². The number of ether oxygens (including phenoxy) is 1. The van der Waals surface area contributed by atoms with Gasteiger partial charge >= 0.3 is 5.97 Å². The summed E-state index contributed by atoms with van der Waals surface area (Å²) < 4.78 is 7.31. The quantitative estimate of drug-likeness (QED) is 0.398. The maximum absolute atomic E-state index is 12.6. The SMILES string of the molecule is Cc1cc(C(=O)COC(=O)CCn2cnc3ccc(Br)cc3c2=O)c(C)c(C)c1C. The molecule has 6 nitrogen and oxygen atoms in total. The number of hydrogen-bond acceptors (Lipinski definition) is 5. The maximum atomic E-state index is 12.6. The lowest BCUT2D eigenvalue weighted by atomic mass is 9.93. The Morgan fingerprint density at radius 2 is 1.80 bits per heavy atom. The molecule has 0 spiro atoms. The summed E-state index contributed by atoms with van der Waals surface area (Å²) in [7, 11) is 0. The number of nitrogens with zero attached hydrogens (tertiary/aromatic N) is 2. The van der Waals surface area contributed by atoms with Crippen LogP contribution in [0.2, 0.25) is 0 Å². The molecular weight excluding hydrogens is 448 g/mol. The van der Waals surface area contributed by atoms with Gasteiger partial charge in [-0.15, -0.1) is 0 Å². The summed E-state index contributed by atoms with van der Waals surface area (Å²) in [4.78, 5) is 41.5. The third-order valence-corrected chi connectivity index (χ3v) is 5.98. The smallest absolute Gasteiger partial charge is 0.308 e. The second kappa shape index (κ2) is 8.92. The van der Waals surface area contributed by atoms with Crippen molar-refractivity contribution in [2.75, 3.05) is 6.61 Å². The number of aryl methyl sites for hydroxylation is 2. The van der Waals surface area contributed by atoms with Gasteiger partial charge in [-0.2, -0.15) is 0 Å². The molecule has 30 heavy (non-hydrogen) atoms. The number of ketones is 1. The number of hydrogen-bond donors (Lipinski definition) is 0. The van der Waals surface area contributed by atoms with Gasteiger partial charge in [0.05, 0.1) is 23.7 Å². The molecule has 0 saturated heterocycles. The first kappa shape index (κ1) is 21.9. The number of Topliss-reactive ketones (excluding diaryl/α,β-unsaturated/α-hetero) is 1. The van der Waals surface area contributed by atoms with Crippen LogP contribution in [0.3, 0.4) is 0 Å². The van der Waals surface area contributed by atoms with E-state index in [-0.39, 0.29) is 30.9 Å². The molecule has 0 saturated carbocycles. The van der Waals surface area contributed by atoms with E-state index < -0.39 is 5.97 Å². The maximum Gasteiger partial charge on any atom is 0.308 e. The zero-order chi connectivity index (χ0) is 22.0. The Kier molecular flexibility index (Phi) is 6.51. The molecule has 1 aromatic heterocycles. The average Bonchev–Trinajstić information content (AvgIpc) is 2.73. The van der Waals surface area contributed by atoms with Crippen molar-refractivity contribution >= 4 is 38.6 Å². The van der Waals surface area contributed by atoms with E-state index in [0.717, 1.165) is 26.7 Å². The number of benzene rings is 2. The average molecular weight is 471 g/mol. The van der Waals surface area contributed by atoms with E-state index in [1.165, 1.54) is 10.9 Å². The van der Waals surface area contributed by atoms with Gasteiger partial charge in [-0.1, -0.05) is 15.9 Å². The normalized spacial score (nSPS) is 11.0. The molecule has 0 aliphatic rings. The molecule has 0 amide bonds. The molecule has 7 heteroatoms. The summed E-state index contributed by atoms with van der Waals surface area (Å²) in [6.45, 7) is 7.66. The van der Waals surface area contributed by atoms with Crippen LogP contribution in [0.25, 0.3) is 10.9 Å². The van der Waals surface area contributed by atoms with E-state index >= 15 is 0 Å². The lowest BCUT2D eigenvalue weighted by molar-refractivity contribution is -0.142. The van der Waals surface area contributed by atoms with Gasteiger partial charge < -0.3 is 4.74 Å². The fourth-order valence-electron chi connectivity index (χ4n) is 3.30. The molecule has 0 aliphatic carbocycles. The highest BCUT2D eigenvalue weighted by atomic mass is 79.9. The van der Waals surface area contributed by atoms with Crippen LogP contribution in [0.4, 0.5) is 0 Å². The van der Waals surface area contributed by atoms with E-state index in [9.17, 15) is 14.4 Å². The van der Waals surface area contributed by atoms with Gasteiger partial charge in [0, 0.05) is 16.6 Å². The van der Waals surface area contributed by atoms with Crippen LogP contribution in [-0.2, 0) is 16.1 Å². The third kappa shape index (κ3) is 4.51. The van der Waals surface area contributed by atoms with Crippen molar-refractivity contribution < 1.29 is 14.3 Å². The number of rotatable bonds is 6. The van der Waals surface area contributed by atoms with Crippen molar-refractivity contribution in [2.24, 2.45) is 0 Å². The standard InChI is InChI=1S/C23H23BrN2O4/c1-13-9-18(16(4)15(3)14(13)2)21(27)11-30-22(28)7-8-26-12-25-20-6-5-17(24)10-19(20)23(26)29/h5-6,9-10,12H,7-8,11H2,1-4H3. The number of carbonyl (C=O) groups excluding carboxylic acids is 2. The molecule has 156 valence electrons. The van der Waals surface area contributed by atoms with Crippen LogP contribution in [0.5, 0.6) is 0 Å². The van der Waals surface area contributed by atoms with Gasteiger partial charge in [0.25, 0.3) is 5.56 Å². The number of aromatic nitrogens is 2. The third-order valence-electron chi connectivity index (χ3n) is 5.49. The first-order valence-electron chi connectivity index (χ1n) is 9.60. The molecule has 1 heterocycles. The van der Waals surface area contributed by atoms with Gasteiger partial charge in [0.15, 0.2) is 6.61 Å². The van der Waals surface area contributed by atoms with Crippen LogP contribution in [0.15, 0.2) is 39.9 Å². The number of esters is 1. The summed E-state index contributed by atoms with van der Waals surface area (Å²) in [5, 5.41) is 0.469. The second-order valence-corrected chi connectivity index (χ2v) is 8.27. The van der Waals surface area contributed by atoms with Crippen LogP contribution in [0.1, 0.15) is 39.0 Å². The zero-order valence-corrected chi connectivity index (χ0v) is 19.0. The minimum absolute atomic E-state index is 0.0285. The predicted octanol–water partition coefficient (Wildman–Crippen LogP) is 4.21. The summed E-state index contributed by atoms with van der Waals surface area (Å²) in [5.74, 6) is -0.774. The Hall–Kier alpha value is -2.80. The molecule has 0 unspecified atom stereocenters. The van der Waals surface area contributed by atoms with Gasteiger partial charge in [-0.3, -0.25) is 19.0 Å². The molecule has 0 fully saturated rings. The molecular formula is C23H23BrN2O4. The fraction of sp³-hybridized carbons (Fsp3) is 0.304. The number of halogens is 1. The van der Waals surface area contributed by atoms with Crippen molar-refractivity contribution in [3.8, 4) is 0 Å². The predicted molar refractivity (Wildman–Crippen MR) is 119 cm³/mol. The van der Waals surface area contributed by atoms with Crippen molar-refractivity contribution in [1.29, 1.82) is 0 Å². The lowest BCUT2D eigenvalue weighted by Gasteiger charge is -2.13. The second-order valence-electron chi connectivity index (χ2n) is 7.35. The van der Waals surface area contributed by atoms with Crippen LogP contribution in [-0.4, -0.2) is 27.9 Å². The number of fused-ring (bicyclic) bond motifs is 1. The molecule has 0 N–H and O–H groups in total. The minimum atomic E-state index is -0.539. The molecule has 0 aliphatic heterocycles. The van der Waals surface area contributed by atoms with Crippen LogP contribution in [0, 0.1) is 27.7 Å². The molecule has 3 aromatic rings. The highest BCUT2D eigenvalue weighted by Gasteiger charge is 2.16. The first-order valence-corrected chi connectivity index (χ1v) is 10.4. The molecule has 3 rings (SSSR count). The molecule has 0 atom stereocenters. The Morgan fingerprint density at radius 3 is 2.53 bits per heavy atom.